The van der Waals surface area contributed by atoms with E-state index in [4.69, 9.17) is 28.3 Å². The number of nitrogens with zero attached hydrogens (tertiary/aromatic N) is 1. The Morgan fingerprint density at radius 1 is 1.10 bits per heavy atom. The van der Waals surface area contributed by atoms with Gasteiger partial charge in [0.2, 0.25) is 0 Å². The summed E-state index contributed by atoms with van der Waals surface area (Å²) in [4.78, 5) is 23.7. The van der Waals surface area contributed by atoms with Crippen LogP contribution in [-0.4, -0.2) is 15.6 Å². The van der Waals surface area contributed by atoms with Crippen LogP contribution in [0, 0.1) is 0 Å². The molecule has 0 fully saturated rings. The molecule has 3 rings (SSSR count). The van der Waals surface area contributed by atoms with E-state index >= 15 is 0 Å². The van der Waals surface area contributed by atoms with Crippen LogP contribution in [0.2, 0.25) is 10.0 Å². The van der Waals surface area contributed by atoms with Crippen molar-refractivity contribution >= 4 is 51.0 Å². The van der Waals surface area contributed by atoms with Gasteiger partial charge in [0.25, 0.3) is 0 Å². The number of hydrogen-bond donors (Lipinski definition) is 1. The van der Waals surface area contributed by atoms with E-state index in [9.17, 15) is 9.59 Å². The predicted molar refractivity (Wildman–Crippen MR) is 83.4 cm³/mol. The molecule has 0 radical (unpaired) electrons. The number of carbonyl (C=O) groups is 1. The molecule has 0 saturated heterocycles. The zero-order valence-electron chi connectivity index (χ0n) is 10.6. The van der Waals surface area contributed by atoms with Gasteiger partial charge in [-0.05, 0) is 24.3 Å². The number of aromatic nitrogens is 1. The minimum Gasteiger partial charge on any atom is -0.480 e. The monoisotopic (exact) mass is 321 g/mol. The van der Waals surface area contributed by atoms with Gasteiger partial charge >= 0.3 is 5.97 Å². The third kappa shape index (κ3) is 2.17. The number of para-hydroxylation sites is 1. The van der Waals surface area contributed by atoms with E-state index in [2.05, 4.69) is 0 Å². The Balaban J connectivity index is 2.63. The highest BCUT2D eigenvalue weighted by molar-refractivity contribution is 6.45. The zero-order valence-corrected chi connectivity index (χ0v) is 12.1. The van der Waals surface area contributed by atoms with Crippen LogP contribution in [0.4, 0.5) is 0 Å². The van der Waals surface area contributed by atoms with Crippen LogP contribution < -0.4 is 5.43 Å². The molecule has 1 N–H and O–H groups in total. The molecule has 0 aliphatic heterocycles. The summed E-state index contributed by atoms with van der Waals surface area (Å²) in [5, 5.41) is 10.4. The lowest BCUT2D eigenvalue weighted by Crippen LogP contribution is -2.16. The van der Waals surface area contributed by atoms with Gasteiger partial charge in [0.1, 0.15) is 6.54 Å². The molecular formula is C15H9Cl2NO3. The lowest BCUT2D eigenvalue weighted by Gasteiger charge is -2.14. The SMILES string of the molecule is O=C(O)Cn1c2ccccc2c(=O)c2ccc(Cl)c(Cl)c21. The van der Waals surface area contributed by atoms with Crippen LogP contribution >= 0.6 is 23.2 Å². The molecule has 1 aromatic heterocycles. The molecule has 6 heteroatoms. The lowest BCUT2D eigenvalue weighted by atomic mass is 10.1. The van der Waals surface area contributed by atoms with E-state index in [1.165, 1.54) is 10.6 Å². The van der Waals surface area contributed by atoms with Crippen LogP contribution in [0.1, 0.15) is 0 Å². The Bertz CT molecular complexity index is 947. The lowest BCUT2D eigenvalue weighted by molar-refractivity contribution is -0.137. The van der Waals surface area contributed by atoms with Crippen molar-refractivity contribution in [3.8, 4) is 0 Å². The molecule has 0 bridgehead atoms. The largest absolute Gasteiger partial charge is 0.480 e. The molecule has 0 aliphatic rings. The highest BCUT2D eigenvalue weighted by Crippen LogP contribution is 2.31. The fraction of sp³-hybridized carbons (Fsp3) is 0.0667. The quantitative estimate of drug-likeness (QED) is 0.734. The first kappa shape index (κ1) is 13.9. The van der Waals surface area contributed by atoms with Gasteiger partial charge in [0.15, 0.2) is 5.43 Å². The zero-order chi connectivity index (χ0) is 15.1. The minimum absolute atomic E-state index is 0.179. The molecular weight excluding hydrogens is 313 g/mol. The highest BCUT2D eigenvalue weighted by Gasteiger charge is 2.16. The molecule has 0 unspecified atom stereocenters. The number of fused-ring (bicyclic) bond motifs is 2. The summed E-state index contributed by atoms with van der Waals surface area (Å²) in [5.74, 6) is -1.03. The van der Waals surface area contributed by atoms with E-state index in [1.54, 1.807) is 30.3 Å². The first-order valence-electron chi connectivity index (χ1n) is 6.11. The molecule has 0 spiro atoms. The maximum atomic E-state index is 12.5. The number of carboxylic acids is 1. The molecule has 0 amide bonds. The smallest absolute Gasteiger partial charge is 0.323 e. The van der Waals surface area contributed by atoms with Crippen molar-refractivity contribution in [1.82, 2.24) is 4.57 Å². The van der Waals surface area contributed by atoms with Gasteiger partial charge in [-0.25, -0.2) is 0 Å². The van der Waals surface area contributed by atoms with Crippen LogP contribution in [0.15, 0.2) is 41.2 Å². The van der Waals surface area contributed by atoms with Crippen LogP contribution in [0.5, 0.6) is 0 Å². The van der Waals surface area contributed by atoms with Crippen molar-refractivity contribution < 1.29 is 9.90 Å². The molecule has 3 aromatic rings. The second-order valence-corrected chi connectivity index (χ2v) is 5.37. The number of carboxylic acid groups (broad SMARTS) is 1. The normalized spacial score (nSPS) is 11.1. The maximum absolute atomic E-state index is 12.5. The maximum Gasteiger partial charge on any atom is 0.323 e. The Hall–Kier alpha value is -2.04. The van der Waals surface area contributed by atoms with Gasteiger partial charge < -0.3 is 9.67 Å². The minimum atomic E-state index is -1.03. The summed E-state index contributed by atoms with van der Waals surface area (Å²) >= 11 is 12.2. The van der Waals surface area contributed by atoms with Gasteiger partial charge in [-0.1, -0.05) is 35.3 Å². The molecule has 4 nitrogen and oxygen atoms in total. The number of pyridine rings is 1. The Morgan fingerprint density at radius 2 is 1.81 bits per heavy atom. The van der Waals surface area contributed by atoms with Crippen molar-refractivity contribution in [1.29, 1.82) is 0 Å². The third-order valence-electron chi connectivity index (χ3n) is 3.32. The summed E-state index contributed by atoms with van der Waals surface area (Å²) in [6.45, 7) is -0.308. The molecule has 2 aromatic carbocycles. The van der Waals surface area contributed by atoms with E-state index < -0.39 is 5.97 Å². The summed E-state index contributed by atoms with van der Waals surface area (Å²) in [6, 6.07) is 9.93. The summed E-state index contributed by atoms with van der Waals surface area (Å²) in [5.41, 5.74) is 0.664. The summed E-state index contributed by atoms with van der Waals surface area (Å²) < 4.78 is 1.50. The van der Waals surface area contributed by atoms with Gasteiger partial charge in [0.05, 0.1) is 21.1 Å². The van der Waals surface area contributed by atoms with E-state index in [0.717, 1.165) is 0 Å². The van der Waals surface area contributed by atoms with Gasteiger partial charge in [-0.3, -0.25) is 9.59 Å². The van der Waals surface area contributed by atoms with Gasteiger partial charge in [-0.15, -0.1) is 0 Å². The van der Waals surface area contributed by atoms with Crippen molar-refractivity contribution in [2.75, 3.05) is 0 Å². The van der Waals surface area contributed by atoms with E-state index in [0.29, 0.717) is 21.8 Å². The average Bonchev–Trinajstić information content (AvgIpc) is 2.46. The Morgan fingerprint density at radius 3 is 2.52 bits per heavy atom. The molecule has 106 valence electrons. The molecule has 0 saturated carbocycles. The third-order valence-corrected chi connectivity index (χ3v) is 4.11. The number of benzene rings is 2. The van der Waals surface area contributed by atoms with Crippen molar-refractivity contribution in [2.45, 2.75) is 6.54 Å². The highest BCUT2D eigenvalue weighted by atomic mass is 35.5. The van der Waals surface area contributed by atoms with E-state index in [-0.39, 0.29) is 22.0 Å². The summed E-state index contributed by atoms with van der Waals surface area (Å²) in [7, 11) is 0. The van der Waals surface area contributed by atoms with Crippen molar-refractivity contribution in [3.05, 3.63) is 56.7 Å². The van der Waals surface area contributed by atoms with Crippen LogP contribution in [-0.2, 0) is 11.3 Å². The topological polar surface area (TPSA) is 59.3 Å². The van der Waals surface area contributed by atoms with Crippen molar-refractivity contribution in [3.63, 3.8) is 0 Å². The molecule has 21 heavy (non-hydrogen) atoms. The standard InChI is InChI=1S/C15H9Cl2NO3/c16-10-6-5-9-14(13(10)17)18(7-12(19)20)11-4-2-1-3-8(11)15(9)21/h1-6H,7H2,(H,19,20). The van der Waals surface area contributed by atoms with Crippen LogP contribution in [0.25, 0.3) is 21.8 Å². The number of hydrogen-bond acceptors (Lipinski definition) is 2. The fourth-order valence-corrected chi connectivity index (χ4v) is 2.87. The number of rotatable bonds is 2. The Kier molecular flexibility index (Phi) is 3.35. The average molecular weight is 322 g/mol. The molecule has 1 heterocycles. The molecule has 0 aliphatic carbocycles. The summed E-state index contributed by atoms with van der Waals surface area (Å²) in [6.07, 6.45) is 0. The first-order valence-corrected chi connectivity index (χ1v) is 6.87. The Labute approximate surface area is 129 Å². The van der Waals surface area contributed by atoms with Crippen LogP contribution in [0.3, 0.4) is 0 Å². The van der Waals surface area contributed by atoms with Gasteiger partial charge in [0, 0.05) is 10.8 Å². The molecule has 0 atom stereocenters. The fourth-order valence-electron chi connectivity index (χ4n) is 2.45. The first-order chi connectivity index (χ1) is 10.0. The predicted octanol–water partition coefficient (Wildman–Crippen LogP) is 3.55. The van der Waals surface area contributed by atoms with E-state index in [1.807, 2.05) is 0 Å². The second-order valence-electron chi connectivity index (χ2n) is 4.58. The van der Waals surface area contributed by atoms with Gasteiger partial charge in [-0.2, -0.15) is 0 Å². The number of aliphatic carboxylic acids is 1. The number of halogens is 2. The second kappa shape index (κ2) is 5.06. The van der Waals surface area contributed by atoms with Crippen molar-refractivity contribution in [2.24, 2.45) is 0 Å².